The van der Waals surface area contributed by atoms with Gasteiger partial charge >= 0.3 is 0 Å². The van der Waals surface area contributed by atoms with E-state index in [9.17, 15) is 4.79 Å². The van der Waals surface area contributed by atoms with Crippen LogP contribution >= 0.6 is 11.8 Å². The third-order valence-electron chi connectivity index (χ3n) is 3.68. The van der Waals surface area contributed by atoms with Crippen molar-refractivity contribution in [3.8, 4) is 0 Å². The van der Waals surface area contributed by atoms with Crippen molar-refractivity contribution in [3.05, 3.63) is 35.4 Å². The molecule has 0 aromatic heterocycles. The fourth-order valence-corrected chi connectivity index (χ4v) is 3.85. The quantitative estimate of drug-likeness (QED) is 0.732. The highest BCUT2D eigenvalue weighted by atomic mass is 32.2. The van der Waals surface area contributed by atoms with E-state index in [1.807, 2.05) is 30.0 Å². The summed E-state index contributed by atoms with van der Waals surface area (Å²) in [6.07, 6.45) is 2.17. The standard InChI is InChI=1S/C16H22OS/c1-15(2,3)13-9-6-5-8-12(13)14(17)16(4)10-7-11-18-16/h5-6,8-9H,7,10-11H2,1-4H3. The van der Waals surface area contributed by atoms with E-state index in [-0.39, 0.29) is 10.2 Å². The highest BCUT2D eigenvalue weighted by molar-refractivity contribution is 8.01. The van der Waals surface area contributed by atoms with Crippen LogP contribution in [-0.4, -0.2) is 16.3 Å². The Hall–Kier alpha value is -0.760. The monoisotopic (exact) mass is 262 g/mol. The van der Waals surface area contributed by atoms with Crippen LogP contribution in [0.1, 0.15) is 56.5 Å². The lowest BCUT2D eigenvalue weighted by Crippen LogP contribution is -2.31. The first-order chi connectivity index (χ1) is 8.34. The average Bonchev–Trinajstić information content (AvgIpc) is 2.75. The maximum absolute atomic E-state index is 12.8. The SMILES string of the molecule is CC1(C(=O)c2ccccc2C(C)(C)C)CCCS1. The summed E-state index contributed by atoms with van der Waals surface area (Å²) in [4.78, 5) is 12.8. The molecule has 0 bridgehead atoms. The molecule has 1 aliphatic rings. The van der Waals surface area contributed by atoms with Crippen LogP contribution in [0.3, 0.4) is 0 Å². The van der Waals surface area contributed by atoms with Crippen LogP contribution in [0.15, 0.2) is 24.3 Å². The molecule has 1 atom stereocenters. The molecule has 1 heterocycles. The van der Waals surface area contributed by atoms with Gasteiger partial charge in [0, 0.05) is 5.56 Å². The Balaban J connectivity index is 2.42. The molecule has 0 spiro atoms. The van der Waals surface area contributed by atoms with E-state index < -0.39 is 0 Å². The third-order valence-corrected chi connectivity index (χ3v) is 5.20. The number of thioether (sulfide) groups is 1. The van der Waals surface area contributed by atoms with Crippen LogP contribution in [0.25, 0.3) is 0 Å². The predicted octanol–water partition coefficient (Wildman–Crippen LogP) is 4.45. The number of hydrogen-bond donors (Lipinski definition) is 0. The van der Waals surface area contributed by atoms with E-state index in [0.717, 1.165) is 24.2 Å². The van der Waals surface area contributed by atoms with Crippen molar-refractivity contribution in [1.29, 1.82) is 0 Å². The van der Waals surface area contributed by atoms with Crippen LogP contribution < -0.4 is 0 Å². The third kappa shape index (κ3) is 2.49. The van der Waals surface area contributed by atoms with Crippen LogP contribution in [0.2, 0.25) is 0 Å². The first-order valence-electron chi connectivity index (χ1n) is 6.63. The normalized spacial score (nSPS) is 24.2. The predicted molar refractivity (Wildman–Crippen MR) is 79.6 cm³/mol. The van der Waals surface area contributed by atoms with Gasteiger partial charge < -0.3 is 0 Å². The zero-order valence-corrected chi connectivity index (χ0v) is 12.6. The second-order valence-electron chi connectivity index (χ2n) is 6.31. The number of carbonyl (C=O) groups excluding carboxylic acids is 1. The Morgan fingerprint density at radius 1 is 1.28 bits per heavy atom. The molecule has 0 saturated carbocycles. The van der Waals surface area contributed by atoms with Gasteiger partial charge in [0.25, 0.3) is 0 Å². The van der Waals surface area contributed by atoms with Gasteiger partial charge in [0.1, 0.15) is 0 Å². The van der Waals surface area contributed by atoms with Crippen LogP contribution in [0.5, 0.6) is 0 Å². The van der Waals surface area contributed by atoms with Crippen LogP contribution in [0.4, 0.5) is 0 Å². The highest BCUT2D eigenvalue weighted by Gasteiger charge is 2.39. The van der Waals surface area contributed by atoms with Gasteiger partial charge in [-0.25, -0.2) is 0 Å². The zero-order chi connectivity index (χ0) is 13.4. The molecule has 1 nitrogen and oxygen atoms in total. The maximum Gasteiger partial charge on any atom is 0.178 e. The van der Waals surface area contributed by atoms with E-state index in [1.165, 1.54) is 5.56 Å². The van der Waals surface area contributed by atoms with Crippen molar-refractivity contribution in [2.75, 3.05) is 5.75 Å². The molecule has 0 N–H and O–H groups in total. The number of hydrogen-bond acceptors (Lipinski definition) is 2. The second-order valence-corrected chi connectivity index (χ2v) is 7.91. The van der Waals surface area contributed by atoms with Gasteiger partial charge in [-0.15, -0.1) is 11.8 Å². The molecule has 0 aliphatic carbocycles. The van der Waals surface area contributed by atoms with E-state index in [1.54, 1.807) is 0 Å². The molecule has 1 aliphatic heterocycles. The summed E-state index contributed by atoms with van der Waals surface area (Å²) < 4.78 is -0.207. The second kappa shape index (κ2) is 4.73. The largest absolute Gasteiger partial charge is 0.293 e. The molecule has 1 unspecified atom stereocenters. The van der Waals surface area contributed by atoms with Crippen molar-refractivity contribution in [3.63, 3.8) is 0 Å². The Morgan fingerprint density at radius 3 is 2.50 bits per heavy atom. The number of benzene rings is 1. The minimum Gasteiger partial charge on any atom is -0.293 e. The lowest BCUT2D eigenvalue weighted by molar-refractivity contribution is 0.0947. The van der Waals surface area contributed by atoms with Gasteiger partial charge in [0.15, 0.2) is 5.78 Å². The molecular formula is C16H22OS. The fraction of sp³-hybridized carbons (Fsp3) is 0.562. The summed E-state index contributed by atoms with van der Waals surface area (Å²) in [5.74, 6) is 1.43. The summed E-state index contributed by atoms with van der Waals surface area (Å²) in [7, 11) is 0. The molecule has 1 aromatic carbocycles. The maximum atomic E-state index is 12.8. The van der Waals surface area contributed by atoms with Crippen molar-refractivity contribution in [1.82, 2.24) is 0 Å². The summed E-state index contributed by atoms with van der Waals surface area (Å²) in [6, 6.07) is 8.09. The Bertz CT molecular complexity index is 450. The summed E-state index contributed by atoms with van der Waals surface area (Å²) in [6.45, 7) is 8.61. The Morgan fingerprint density at radius 2 is 1.94 bits per heavy atom. The zero-order valence-electron chi connectivity index (χ0n) is 11.7. The molecular weight excluding hydrogens is 240 g/mol. The van der Waals surface area contributed by atoms with Crippen molar-refractivity contribution in [2.45, 2.75) is 50.7 Å². The van der Waals surface area contributed by atoms with E-state index >= 15 is 0 Å². The molecule has 1 saturated heterocycles. The minimum absolute atomic E-state index is 0.0197. The van der Waals surface area contributed by atoms with Crippen LogP contribution in [-0.2, 0) is 5.41 Å². The lowest BCUT2D eigenvalue weighted by Gasteiger charge is -2.27. The molecule has 2 rings (SSSR count). The number of carbonyl (C=O) groups is 1. The smallest absolute Gasteiger partial charge is 0.178 e. The summed E-state index contributed by atoms with van der Waals surface area (Å²) in [5, 5.41) is 0. The molecule has 2 heteroatoms. The molecule has 1 aromatic rings. The van der Waals surface area contributed by atoms with Crippen molar-refractivity contribution in [2.24, 2.45) is 0 Å². The first kappa shape index (κ1) is 13.7. The number of rotatable bonds is 2. The first-order valence-corrected chi connectivity index (χ1v) is 7.61. The van der Waals surface area contributed by atoms with Crippen molar-refractivity contribution >= 4 is 17.5 Å². The minimum atomic E-state index is -0.207. The lowest BCUT2D eigenvalue weighted by atomic mass is 9.80. The highest BCUT2D eigenvalue weighted by Crippen LogP contribution is 2.41. The molecule has 0 radical (unpaired) electrons. The van der Waals surface area contributed by atoms with Gasteiger partial charge in [0.2, 0.25) is 0 Å². The van der Waals surface area contributed by atoms with Crippen molar-refractivity contribution < 1.29 is 4.79 Å². The van der Waals surface area contributed by atoms with E-state index in [4.69, 9.17) is 0 Å². The molecule has 0 amide bonds. The summed E-state index contributed by atoms with van der Waals surface area (Å²) >= 11 is 1.82. The molecule has 1 fully saturated rings. The van der Waals surface area contributed by atoms with Gasteiger partial charge in [-0.05, 0) is 36.5 Å². The number of ketones is 1. The van der Waals surface area contributed by atoms with E-state index in [0.29, 0.717) is 5.78 Å². The molecule has 18 heavy (non-hydrogen) atoms. The summed E-state index contributed by atoms with van der Waals surface area (Å²) in [5.41, 5.74) is 2.11. The van der Waals surface area contributed by atoms with Crippen LogP contribution in [0, 0.1) is 0 Å². The fourth-order valence-electron chi connectivity index (χ4n) is 2.58. The van der Waals surface area contributed by atoms with Gasteiger partial charge in [-0.3, -0.25) is 4.79 Å². The van der Waals surface area contributed by atoms with Gasteiger partial charge in [0.05, 0.1) is 4.75 Å². The van der Waals surface area contributed by atoms with E-state index in [2.05, 4.69) is 33.8 Å². The van der Waals surface area contributed by atoms with Gasteiger partial charge in [-0.2, -0.15) is 0 Å². The van der Waals surface area contributed by atoms with Gasteiger partial charge in [-0.1, -0.05) is 45.0 Å². The average molecular weight is 262 g/mol. The topological polar surface area (TPSA) is 17.1 Å². The Labute approximate surface area is 114 Å². The Kier molecular flexibility index (Phi) is 3.59. The molecule has 98 valence electrons. The number of Topliss-reactive ketones (excluding diaryl/α,β-unsaturated/α-hetero) is 1.